The van der Waals surface area contributed by atoms with Crippen molar-refractivity contribution < 1.29 is 28.9 Å². The second-order valence-corrected chi connectivity index (χ2v) is 12.9. The first-order chi connectivity index (χ1) is 18.2. The van der Waals surface area contributed by atoms with Gasteiger partial charge in [0.05, 0.1) is 5.69 Å². The van der Waals surface area contributed by atoms with Gasteiger partial charge >= 0.3 is 5.97 Å². The lowest BCUT2D eigenvalue weighted by atomic mass is 10.0. The highest BCUT2D eigenvalue weighted by Crippen LogP contribution is 2.37. The fourth-order valence-corrected chi connectivity index (χ4v) is 8.62. The predicted molar refractivity (Wildman–Crippen MR) is 136 cm³/mol. The number of carbonyl (C=O) groups is 3. The van der Waals surface area contributed by atoms with Gasteiger partial charge in [0.25, 0.3) is 11.8 Å². The van der Waals surface area contributed by atoms with Gasteiger partial charge in [-0.15, -0.1) is 26.2 Å². The SMILES string of the molecule is Nc1nc(C(=NO)C(=O)NC2C(=O)N3C(C(=O)O)=C(CSc4cc(N)c5nnnn5n4)C[S@@](=S=O)[C@@H]23)cs1. The average molecular weight is 598 g/mol. The number of thioether (sulfide) groups is 1. The molecule has 1 fully saturated rings. The van der Waals surface area contributed by atoms with Crippen LogP contribution in [0.4, 0.5) is 10.8 Å². The maximum absolute atomic E-state index is 13.1. The summed E-state index contributed by atoms with van der Waals surface area (Å²) in [4.78, 5) is 42.9. The van der Waals surface area contributed by atoms with E-state index in [1.54, 1.807) is 0 Å². The molecule has 1 saturated heterocycles. The summed E-state index contributed by atoms with van der Waals surface area (Å²) in [6.45, 7) is 0. The number of carboxylic acids is 1. The standard InChI is InChI=1S/C17H15N11O6S4/c18-6-1-8(23-28-12(6)22-25-26-28)35-2-5-4-38(37-34)15-10(14(30)27(15)11(5)16(31)32)21-13(29)9(24-33)7-3-36-17(19)20-7/h1,3,10,15,33H,2,4,18H2,(H2,19,20)(H,21,29)(H,31,32)/t10?,15-,38+/m0/s1. The van der Waals surface area contributed by atoms with Crippen molar-refractivity contribution in [3.8, 4) is 0 Å². The summed E-state index contributed by atoms with van der Waals surface area (Å²) in [7, 11) is -0.886. The molecular formula is C17H15N11O6S4. The number of nitrogens with zero attached hydrogens (tertiary/aromatic N) is 8. The van der Waals surface area contributed by atoms with Gasteiger partial charge in [-0.1, -0.05) is 26.4 Å². The number of hydrogen-bond acceptors (Lipinski definition) is 15. The quantitative estimate of drug-likeness (QED) is 0.0640. The molecule has 0 saturated carbocycles. The highest BCUT2D eigenvalue weighted by atomic mass is 32.8. The Labute approximate surface area is 224 Å². The topological polar surface area (TPSA) is 257 Å². The summed E-state index contributed by atoms with van der Waals surface area (Å²) in [6.07, 6.45) is 0. The number of nitrogens with two attached hydrogens (primary N) is 2. The van der Waals surface area contributed by atoms with Gasteiger partial charge in [0.1, 0.15) is 38.1 Å². The number of tetrazole rings is 1. The van der Waals surface area contributed by atoms with Crippen molar-refractivity contribution in [2.75, 3.05) is 23.0 Å². The molecule has 7 N–H and O–H groups in total. The Kier molecular flexibility index (Phi) is 6.81. The summed E-state index contributed by atoms with van der Waals surface area (Å²) in [5.41, 5.74) is 11.6. The summed E-state index contributed by atoms with van der Waals surface area (Å²) in [5, 5.41) is 40.8. The monoisotopic (exact) mass is 597 g/mol. The van der Waals surface area contributed by atoms with E-state index in [0.29, 0.717) is 10.6 Å². The number of thiazole rings is 1. The molecule has 21 heteroatoms. The number of anilines is 2. The molecule has 5 heterocycles. The van der Waals surface area contributed by atoms with Crippen LogP contribution in [0.25, 0.3) is 5.65 Å². The zero-order valence-corrected chi connectivity index (χ0v) is 21.9. The third-order valence-corrected chi connectivity index (χ3v) is 10.4. The predicted octanol–water partition coefficient (Wildman–Crippen LogP) is -2.14. The lowest BCUT2D eigenvalue weighted by molar-refractivity contribution is -0.150. The molecule has 17 nitrogen and oxygen atoms in total. The van der Waals surface area contributed by atoms with Crippen molar-refractivity contribution in [2.45, 2.75) is 16.4 Å². The van der Waals surface area contributed by atoms with Gasteiger partial charge in [-0.25, -0.2) is 14.0 Å². The molecule has 2 aliphatic heterocycles. The molecule has 0 bridgehead atoms. The van der Waals surface area contributed by atoms with Crippen LogP contribution in [0.15, 0.2) is 32.9 Å². The number of rotatable bonds is 7. The molecule has 1 unspecified atom stereocenters. The Balaban J connectivity index is 1.39. The van der Waals surface area contributed by atoms with E-state index in [-0.39, 0.29) is 49.6 Å². The third kappa shape index (κ3) is 4.37. The van der Waals surface area contributed by atoms with E-state index in [2.05, 4.69) is 36.1 Å². The Hall–Kier alpha value is -3.95. The van der Waals surface area contributed by atoms with E-state index in [0.717, 1.165) is 32.6 Å². The normalized spacial score (nSPS) is 21.3. The number of β-lactam (4-membered cyclic amide) rings is 1. The number of aromatic nitrogens is 6. The van der Waals surface area contributed by atoms with Gasteiger partial charge < -0.3 is 27.1 Å². The van der Waals surface area contributed by atoms with E-state index in [9.17, 15) is 28.9 Å². The number of oxime groups is 1. The van der Waals surface area contributed by atoms with Crippen LogP contribution in [0.3, 0.4) is 0 Å². The van der Waals surface area contributed by atoms with Gasteiger partial charge in [0, 0.05) is 16.9 Å². The van der Waals surface area contributed by atoms with Crippen LogP contribution in [0, 0.1) is 0 Å². The van der Waals surface area contributed by atoms with Crippen LogP contribution in [0.1, 0.15) is 5.69 Å². The molecule has 198 valence electrons. The molecule has 2 amide bonds. The minimum atomic E-state index is -1.36. The molecule has 5 rings (SSSR count). The molecule has 0 aromatic carbocycles. The molecule has 3 aromatic heterocycles. The van der Waals surface area contributed by atoms with Gasteiger partial charge in [-0.2, -0.15) is 0 Å². The largest absolute Gasteiger partial charge is 0.477 e. The maximum Gasteiger partial charge on any atom is 0.352 e. The highest BCUT2D eigenvalue weighted by molar-refractivity contribution is 8.31. The number of nitrogens with one attached hydrogen (secondary N) is 1. The van der Waals surface area contributed by atoms with Crippen LogP contribution in [0.5, 0.6) is 0 Å². The average Bonchev–Trinajstić information content (AvgIpc) is 3.54. The van der Waals surface area contributed by atoms with Crippen molar-refractivity contribution in [3.63, 3.8) is 0 Å². The molecule has 0 radical (unpaired) electrons. The minimum absolute atomic E-state index is 0.00323. The van der Waals surface area contributed by atoms with Crippen molar-refractivity contribution in [2.24, 2.45) is 5.16 Å². The molecule has 3 atom stereocenters. The highest BCUT2D eigenvalue weighted by Gasteiger charge is 2.56. The summed E-state index contributed by atoms with van der Waals surface area (Å²) < 4.78 is 13.2. The van der Waals surface area contributed by atoms with E-state index >= 15 is 0 Å². The fourth-order valence-electron chi connectivity index (χ4n) is 3.82. The lowest BCUT2D eigenvalue weighted by Crippen LogP contribution is -2.74. The number of fused-ring (bicyclic) bond motifs is 2. The Morgan fingerprint density at radius 3 is 2.82 bits per heavy atom. The van der Waals surface area contributed by atoms with Crippen LogP contribution in [-0.2, 0) is 34.1 Å². The van der Waals surface area contributed by atoms with Gasteiger partial charge in [0.2, 0.25) is 5.65 Å². The Morgan fingerprint density at radius 1 is 1.37 bits per heavy atom. The number of carboxylic acid groups (broad SMARTS) is 1. The molecule has 0 spiro atoms. The van der Waals surface area contributed by atoms with Gasteiger partial charge in [-0.3, -0.25) is 14.5 Å². The van der Waals surface area contributed by atoms with Crippen LogP contribution in [-0.4, -0.2) is 96.1 Å². The van der Waals surface area contributed by atoms with E-state index < -0.39 is 44.4 Å². The second kappa shape index (κ2) is 10.1. The molecular weight excluding hydrogens is 583 g/mol. The zero-order valence-electron chi connectivity index (χ0n) is 18.6. The van der Waals surface area contributed by atoms with E-state index in [4.69, 9.17) is 11.5 Å². The summed E-state index contributed by atoms with van der Waals surface area (Å²) in [6, 6.07) is 0.328. The van der Waals surface area contributed by atoms with Crippen molar-refractivity contribution >= 4 is 82.7 Å². The second-order valence-electron chi connectivity index (χ2n) is 7.64. The third-order valence-electron chi connectivity index (χ3n) is 5.44. The van der Waals surface area contributed by atoms with Crippen LogP contribution < -0.4 is 16.8 Å². The first kappa shape index (κ1) is 25.7. The van der Waals surface area contributed by atoms with Crippen molar-refractivity contribution in [1.82, 2.24) is 40.5 Å². The minimum Gasteiger partial charge on any atom is -0.477 e. The first-order valence-electron chi connectivity index (χ1n) is 10.2. The van der Waals surface area contributed by atoms with Crippen molar-refractivity contribution in [1.29, 1.82) is 0 Å². The molecule has 2 aliphatic rings. The molecule has 38 heavy (non-hydrogen) atoms. The Morgan fingerprint density at radius 2 is 2.16 bits per heavy atom. The summed E-state index contributed by atoms with van der Waals surface area (Å²) >= 11 is 2.15. The zero-order chi connectivity index (χ0) is 27.1. The number of aliphatic carboxylic acids is 1. The lowest BCUT2D eigenvalue weighted by Gasteiger charge is -2.50. The number of hydrogen-bond donors (Lipinski definition) is 5. The van der Waals surface area contributed by atoms with Crippen LogP contribution >= 0.6 is 23.1 Å². The maximum atomic E-state index is 13.1. The first-order valence-corrected chi connectivity index (χ1v) is 14.8. The molecule has 3 aromatic rings. The number of amides is 2. The smallest absolute Gasteiger partial charge is 0.352 e. The number of nitrogen functional groups attached to an aromatic ring is 2. The molecule has 0 aliphatic carbocycles. The van der Waals surface area contributed by atoms with Gasteiger partial charge in [0.15, 0.2) is 10.8 Å². The van der Waals surface area contributed by atoms with E-state index in [1.807, 2.05) is 0 Å². The fraction of sp³-hybridized carbons (Fsp3) is 0.235. The van der Waals surface area contributed by atoms with Crippen LogP contribution in [0.2, 0.25) is 0 Å². The Bertz CT molecular complexity index is 1630. The van der Waals surface area contributed by atoms with Gasteiger partial charge in [-0.05, 0) is 22.1 Å². The number of carbonyl (C=O) groups excluding carboxylic acids is 2. The van der Waals surface area contributed by atoms with Crippen molar-refractivity contribution in [3.05, 3.63) is 28.4 Å². The van der Waals surface area contributed by atoms with E-state index in [1.165, 1.54) is 11.4 Å². The summed E-state index contributed by atoms with van der Waals surface area (Å²) in [5.74, 6) is -2.86.